The van der Waals surface area contributed by atoms with Crippen molar-refractivity contribution in [2.24, 2.45) is 7.05 Å². The fourth-order valence-electron chi connectivity index (χ4n) is 2.01. The largest absolute Gasteiger partial charge is 0.309 e. The van der Waals surface area contributed by atoms with Gasteiger partial charge in [-0.15, -0.1) is 0 Å². The lowest BCUT2D eigenvalue weighted by atomic mass is 10.1. The molecule has 0 aliphatic rings. The lowest BCUT2D eigenvalue weighted by Crippen LogP contribution is -2.24. The summed E-state index contributed by atoms with van der Waals surface area (Å²) in [6.45, 7) is 4.93. The van der Waals surface area contributed by atoms with Gasteiger partial charge in [-0.1, -0.05) is 6.92 Å². The van der Waals surface area contributed by atoms with Gasteiger partial charge in [-0.3, -0.25) is 4.68 Å². The van der Waals surface area contributed by atoms with Crippen molar-refractivity contribution < 1.29 is 0 Å². The average Bonchev–Trinajstić information content (AvgIpc) is 2.74. The van der Waals surface area contributed by atoms with Gasteiger partial charge in [-0.2, -0.15) is 5.10 Å². The van der Waals surface area contributed by atoms with Gasteiger partial charge in [0.05, 0.1) is 17.9 Å². The summed E-state index contributed by atoms with van der Waals surface area (Å²) in [4.78, 5) is 8.63. The summed E-state index contributed by atoms with van der Waals surface area (Å²) in [6.07, 6.45) is 6.64. The minimum Gasteiger partial charge on any atom is -0.309 e. The molecule has 1 atom stereocenters. The van der Waals surface area contributed by atoms with Crippen molar-refractivity contribution in [1.82, 2.24) is 25.1 Å². The number of likely N-dealkylation sites (N-methyl/N-ethyl adjacent to an activating group) is 1. The average molecular weight is 245 g/mol. The van der Waals surface area contributed by atoms with E-state index in [-0.39, 0.29) is 6.04 Å². The van der Waals surface area contributed by atoms with Crippen molar-refractivity contribution in [3.05, 3.63) is 41.7 Å². The zero-order valence-electron chi connectivity index (χ0n) is 11.1. The van der Waals surface area contributed by atoms with Crippen LogP contribution < -0.4 is 5.32 Å². The van der Waals surface area contributed by atoms with Crippen LogP contribution in [0.1, 0.15) is 30.0 Å². The SMILES string of the molecule is CCNC(Cc1cnn(C)c1)c1ccnc(C)n1. The number of aryl methyl sites for hydroxylation is 2. The zero-order chi connectivity index (χ0) is 13.0. The van der Waals surface area contributed by atoms with E-state index in [1.165, 1.54) is 5.56 Å². The van der Waals surface area contributed by atoms with Crippen LogP contribution in [0.5, 0.6) is 0 Å². The lowest BCUT2D eigenvalue weighted by molar-refractivity contribution is 0.534. The molecule has 0 amide bonds. The Balaban J connectivity index is 2.17. The maximum atomic E-state index is 4.49. The van der Waals surface area contributed by atoms with Crippen LogP contribution in [0.25, 0.3) is 0 Å². The van der Waals surface area contributed by atoms with Crippen LogP contribution >= 0.6 is 0 Å². The van der Waals surface area contributed by atoms with E-state index in [4.69, 9.17) is 0 Å². The van der Waals surface area contributed by atoms with E-state index in [0.717, 1.165) is 24.5 Å². The van der Waals surface area contributed by atoms with Gasteiger partial charge in [-0.25, -0.2) is 9.97 Å². The molecule has 5 heteroatoms. The summed E-state index contributed by atoms with van der Waals surface area (Å²) in [7, 11) is 1.93. The van der Waals surface area contributed by atoms with Crippen LogP contribution in [0.2, 0.25) is 0 Å². The topological polar surface area (TPSA) is 55.6 Å². The van der Waals surface area contributed by atoms with Gasteiger partial charge >= 0.3 is 0 Å². The number of hydrogen-bond donors (Lipinski definition) is 1. The molecule has 18 heavy (non-hydrogen) atoms. The number of nitrogens with one attached hydrogen (secondary N) is 1. The van der Waals surface area contributed by atoms with Gasteiger partial charge in [0, 0.05) is 19.4 Å². The van der Waals surface area contributed by atoms with Crippen LogP contribution in [-0.2, 0) is 13.5 Å². The Morgan fingerprint density at radius 2 is 2.28 bits per heavy atom. The molecule has 0 aliphatic heterocycles. The van der Waals surface area contributed by atoms with Crippen LogP contribution in [0.15, 0.2) is 24.7 Å². The molecule has 0 fully saturated rings. The fraction of sp³-hybridized carbons (Fsp3) is 0.462. The van der Waals surface area contributed by atoms with E-state index in [1.54, 1.807) is 0 Å². The third-order valence-electron chi connectivity index (χ3n) is 2.80. The summed E-state index contributed by atoms with van der Waals surface area (Å²) >= 11 is 0. The number of aromatic nitrogens is 4. The van der Waals surface area contributed by atoms with E-state index in [1.807, 2.05) is 43.3 Å². The quantitative estimate of drug-likeness (QED) is 0.865. The highest BCUT2D eigenvalue weighted by Gasteiger charge is 2.13. The van der Waals surface area contributed by atoms with Gasteiger partial charge in [0.1, 0.15) is 5.82 Å². The molecule has 0 aliphatic carbocycles. The van der Waals surface area contributed by atoms with E-state index in [9.17, 15) is 0 Å². The number of nitrogens with zero attached hydrogens (tertiary/aromatic N) is 4. The van der Waals surface area contributed by atoms with Gasteiger partial charge in [0.2, 0.25) is 0 Å². The summed E-state index contributed by atoms with van der Waals surface area (Å²) in [5.74, 6) is 0.807. The van der Waals surface area contributed by atoms with Crippen molar-refractivity contribution in [3.8, 4) is 0 Å². The molecule has 0 saturated carbocycles. The molecule has 1 N–H and O–H groups in total. The zero-order valence-corrected chi connectivity index (χ0v) is 11.1. The molecule has 1 unspecified atom stereocenters. The fourth-order valence-corrected chi connectivity index (χ4v) is 2.01. The van der Waals surface area contributed by atoms with Crippen LogP contribution in [-0.4, -0.2) is 26.3 Å². The highest BCUT2D eigenvalue weighted by molar-refractivity contribution is 5.14. The predicted molar refractivity (Wildman–Crippen MR) is 70.1 cm³/mol. The molecule has 0 spiro atoms. The minimum atomic E-state index is 0.209. The summed E-state index contributed by atoms with van der Waals surface area (Å²) in [5.41, 5.74) is 2.24. The van der Waals surface area contributed by atoms with Crippen molar-refractivity contribution in [1.29, 1.82) is 0 Å². The van der Waals surface area contributed by atoms with Crippen molar-refractivity contribution in [2.45, 2.75) is 26.3 Å². The van der Waals surface area contributed by atoms with E-state index in [2.05, 4.69) is 27.3 Å². The lowest BCUT2D eigenvalue weighted by Gasteiger charge is -2.16. The Labute approximate surface area is 107 Å². The van der Waals surface area contributed by atoms with Gasteiger partial charge in [0.15, 0.2) is 0 Å². The highest BCUT2D eigenvalue weighted by Crippen LogP contribution is 2.15. The Morgan fingerprint density at radius 3 is 2.89 bits per heavy atom. The molecule has 2 heterocycles. The Hall–Kier alpha value is -1.75. The molecule has 5 nitrogen and oxygen atoms in total. The molecular formula is C13H19N5. The molecule has 2 rings (SSSR count). The Kier molecular flexibility index (Phi) is 4.04. The molecule has 0 saturated heterocycles. The first kappa shape index (κ1) is 12.7. The molecule has 2 aromatic heterocycles. The first-order valence-corrected chi connectivity index (χ1v) is 6.19. The van der Waals surface area contributed by atoms with Gasteiger partial charge in [-0.05, 0) is 31.5 Å². The van der Waals surface area contributed by atoms with Crippen LogP contribution in [0.3, 0.4) is 0 Å². The third-order valence-corrected chi connectivity index (χ3v) is 2.80. The van der Waals surface area contributed by atoms with E-state index >= 15 is 0 Å². The number of hydrogen-bond acceptors (Lipinski definition) is 4. The molecule has 0 aromatic carbocycles. The monoisotopic (exact) mass is 245 g/mol. The molecule has 96 valence electrons. The maximum absolute atomic E-state index is 4.49. The van der Waals surface area contributed by atoms with Crippen molar-refractivity contribution in [3.63, 3.8) is 0 Å². The van der Waals surface area contributed by atoms with Gasteiger partial charge < -0.3 is 5.32 Å². The Morgan fingerprint density at radius 1 is 1.44 bits per heavy atom. The summed E-state index contributed by atoms with van der Waals surface area (Å²) in [5, 5.41) is 7.65. The number of rotatable bonds is 5. The van der Waals surface area contributed by atoms with Crippen LogP contribution in [0.4, 0.5) is 0 Å². The van der Waals surface area contributed by atoms with Crippen LogP contribution in [0, 0.1) is 6.92 Å². The van der Waals surface area contributed by atoms with Crippen molar-refractivity contribution in [2.75, 3.05) is 6.54 Å². The molecule has 2 aromatic rings. The summed E-state index contributed by atoms with van der Waals surface area (Å²) in [6, 6.07) is 2.18. The normalized spacial score (nSPS) is 12.6. The predicted octanol–water partition coefficient (Wildman–Crippen LogP) is 1.41. The maximum Gasteiger partial charge on any atom is 0.125 e. The smallest absolute Gasteiger partial charge is 0.125 e. The van der Waals surface area contributed by atoms with Gasteiger partial charge in [0.25, 0.3) is 0 Å². The standard InChI is InChI=1S/C13H19N5/c1-4-14-13(7-11-8-16-18(3)9-11)12-5-6-15-10(2)17-12/h5-6,8-9,13-14H,4,7H2,1-3H3. The summed E-state index contributed by atoms with van der Waals surface area (Å²) < 4.78 is 1.82. The minimum absolute atomic E-state index is 0.209. The third kappa shape index (κ3) is 3.13. The van der Waals surface area contributed by atoms with E-state index < -0.39 is 0 Å². The van der Waals surface area contributed by atoms with E-state index in [0.29, 0.717) is 0 Å². The van der Waals surface area contributed by atoms with Crippen molar-refractivity contribution >= 4 is 0 Å². The Bertz CT molecular complexity index is 506. The first-order valence-electron chi connectivity index (χ1n) is 6.19. The second kappa shape index (κ2) is 5.73. The molecule has 0 radical (unpaired) electrons. The second-order valence-corrected chi connectivity index (χ2v) is 4.37. The second-order valence-electron chi connectivity index (χ2n) is 4.37. The highest BCUT2D eigenvalue weighted by atomic mass is 15.2. The first-order chi connectivity index (χ1) is 8.69. The molecular weight excluding hydrogens is 226 g/mol. The molecule has 0 bridgehead atoms.